The molecule has 1 fully saturated rings. The molecule has 2 aromatic rings. The van der Waals surface area contributed by atoms with E-state index in [1.54, 1.807) is 19.1 Å². The molecule has 3 amide bonds. The molecule has 1 aliphatic carbocycles. The topological polar surface area (TPSA) is 157 Å². The lowest BCUT2D eigenvalue weighted by molar-refractivity contribution is -0.140. The molecule has 1 saturated carbocycles. The van der Waals surface area contributed by atoms with Crippen molar-refractivity contribution in [3.05, 3.63) is 57.0 Å². The number of fused-ring (bicyclic) bond motifs is 2. The Bertz CT molecular complexity index is 1300. The lowest BCUT2D eigenvalue weighted by atomic mass is 9.73. The zero-order chi connectivity index (χ0) is 26.3. The third-order valence-electron chi connectivity index (χ3n) is 7.01. The van der Waals surface area contributed by atoms with E-state index in [1.807, 2.05) is 0 Å². The van der Waals surface area contributed by atoms with E-state index in [0.29, 0.717) is 36.8 Å². The summed E-state index contributed by atoms with van der Waals surface area (Å²) < 4.78 is 20.2. The number of carbonyl (C=O) groups is 3. The first-order valence-electron chi connectivity index (χ1n) is 11.6. The number of aryl methyl sites for hydroxylation is 1. The van der Waals surface area contributed by atoms with Gasteiger partial charge in [0.15, 0.2) is 5.69 Å². The molecule has 0 saturated heterocycles. The maximum absolute atomic E-state index is 13.6. The van der Waals surface area contributed by atoms with Crippen LogP contribution in [0.4, 0.5) is 4.39 Å². The van der Waals surface area contributed by atoms with Crippen LogP contribution in [0.15, 0.2) is 23.0 Å². The highest BCUT2D eigenvalue weighted by atomic mass is 19.1. The van der Waals surface area contributed by atoms with Crippen molar-refractivity contribution in [3.63, 3.8) is 0 Å². The molecular weight excluding hydrogens is 471 g/mol. The normalized spacial score (nSPS) is 22.2. The summed E-state index contributed by atoms with van der Waals surface area (Å²) in [7, 11) is 2.60. The van der Waals surface area contributed by atoms with Crippen LogP contribution in [0.3, 0.4) is 0 Å². The van der Waals surface area contributed by atoms with Crippen LogP contribution < -0.4 is 32.0 Å². The second kappa shape index (κ2) is 9.34. The third kappa shape index (κ3) is 4.43. The van der Waals surface area contributed by atoms with Crippen molar-refractivity contribution < 1.29 is 23.5 Å². The Morgan fingerprint density at radius 1 is 1.19 bits per heavy atom. The minimum atomic E-state index is -1.17. The highest BCUT2D eigenvalue weighted by Crippen LogP contribution is 2.44. The molecule has 0 spiro atoms. The number of likely N-dealkylation sites (N-methyl/N-ethyl adjacent to an activating group) is 1. The summed E-state index contributed by atoms with van der Waals surface area (Å²) in [4.78, 5) is 55.7. The Morgan fingerprint density at radius 2 is 1.89 bits per heavy atom. The van der Waals surface area contributed by atoms with Crippen LogP contribution in [0.1, 0.15) is 53.1 Å². The maximum Gasteiger partial charge on any atom is 0.310 e. The van der Waals surface area contributed by atoms with Crippen LogP contribution in [-0.4, -0.2) is 47.0 Å². The molecule has 5 N–H and O–H groups in total. The van der Waals surface area contributed by atoms with Gasteiger partial charge in [0.1, 0.15) is 11.6 Å². The highest BCUT2D eigenvalue weighted by Gasteiger charge is 2.50. The van der Waals surface area contributed by atoms with E-state index in [4.69, 9.17) is 10.5 Å². The quantitative estimate of drug-likeness (QED) is 0.420. The monoisotopic (exact) mass is 500 g/mol. The van der Waals surface area contributed by atoms with E-state index in [1.165, 1.54) is 24.8 Å². The van der Waals surface area contributed by atoms with Gasteiger partial charge < -0.3 is 26.4 Å². The van der Waals surface area contributed by atoms with Gasteiger partial charge in [-0.25, -0.2) is 9.37 Å². The number of carbonyl (C=O) groups excluding carboxylic acids is 3. The SMILES string of the molecule is CNC(=O)C(=O)NC12CCC(N)(CC1)Cn1c2nc(C(=O)NCc2ccc(F)c(C)c2)c(OC)c1=O. The van der Waals surface area contributed by atoms with Crippen molar-refractivity contribution in [2.75, 3.05) is 14.2 Å². The fourth-order valence-electron chi connectivity index (χ4n) is 4.91. The van der Waals surface area contributed by atoms with E-state index in [-0.39, 0.29) is 36.2 Å². The number of ether oxygens (including phenoxy) is 1. The number of nitrogens with one attached hydrogen (secondary N) is 3. The van der Waals surface area contributed by atoms with Gasteiger partial charge >= 0.3 is 11.8 Å². The first kappa shape index (κ1) is 25.3. The number of methoxy groups -OCH3 is 1. The van der Waals surface area contributed by atoms with Gasteiger partial charge in [0.25, 0.3) is 11.5 Å². The van der Waals surface area contributed by atoms with Crippen LogP contribution in [0.5, 0.6) is 5.75 Å². The Labute approximate surface area is 206 Å². The number of nitrogens with two attached hydrogens (primary N) is 1. The number of nitrogens with zero attached hydrogens (tertiary/aromatic N) is 2. The van der Waals surface area contributed by atoms with Crippen LogP contribution >= 0.6 is 0 Å². The van der Waals surface area contributed by atoms with Crippen LogP contribution in [0.25, 0.3) is 0 Å². The third-order valence-corrected chi connectivity index (χ3v) is 7.01. The smallest absolute Gasteiger partial charge is 0.310 e. The lowest BCUT2D eigenvalue weighted by Crippen LogP contribution is -2.55. The zero-order valence-electron chi connectivity index (χ0n) is 20.4. The minimum Gasteiger partial charge on any atom is -0.489 e. The Hall–Kier alpha value is -3.80. The van der Waals surface area contributed by atoms with E-state index >= 15 is 0 Å². The van der Waals surface area contributed by atoms with Crippen molar-refractivity contribution in [2.45, 2.75) is 56.8 Å². The lowest BCUT2D eigenvalue weighted by Gasteiger charge is -2.40. The van der Waals surface area contributed by atoms with E-state index in [0.717, 1.165) is 0 Å². The molecule has 3 heterocycles. The summed E-state index contributed by atoms with van der Waals surface area (Å²) >= 11 is 0. The summed E-state index contributed by atoms with van der Waals surface area (Å²) in [6, 6.07) is 4.46. The minimum absolute atomic E-state index is 0.0632. The van der Waals surface area contributed by atoms with Crippen LogP contribution in [0, 0.1) is 12.7 Å². The molecular formula is C24H29FN6O5. The highest BCUT2D eigenvalue weighted by molar-refractivity contribution is 6.35. The van der Waals surface area contributed by atoms with Gasteiger partial charge in [-0.1, -0.05) is 12.1 Å². The molecule has 5 rings (SSSR count). The fraction of sp³-hybridized carbons (Fsp3) is 0.458. The second-order valence-electron chi connectivity index (χ2n) is 9.45. The molecule has 3 aliphatic rings. The Kier molecular flexibility index (Phi) is 6.56. The van der Waals surface area contributed by atoms with Crippen molar-refractivity contribution >= 4 is 17.7 Å². The molecule has 12 heteroatoms. The summed E-state index contributed by atoms with van der Waals surface area (Å²) in [5, 5.41) is 7.72. The van der Waals surface area contributed by atoms with Gasteiger partial charge in [-0.15, -0.1) is 0 Å². The first-order valence-corrected chi connectivity index (χ1v) is 11.6. The summed E-state index contributed by atoms with van der Waals surface area (Å²) in [5.41, 5.74) is 4.90. The number of hydrogen-bond donors (Lipinski definition) is 4. The molecule has 1 aromatic carbocycles. The molecule has 1 aromatic heterocycles. The largest absolute Gasteiger partial charge is 0.489 e. The van der Waals surface area contributed by atoms with Gasteiger partial charge in [0.2, 0.25) is 5.75 Å². The number of benzene rings is 1. The maximum atomic E-state index is 13.6. The molecule has 2 bridgehead atoms. The van der Waals surface area contributed by atoms with E-state index in [9.17, 15) is 23.6 Å². The Balaban J connectivity index is 1.76. The predicted molar refractivity (Wildman–Crippen MR) is 127 cm³/mol. The number of hydrogen-bond acceptors (Lipinski definition) is 7. The van der Waals surface area contributed by atoms with Gasteiger partial charge in [-0.2, -0.15) is 0 Å². The van der Waals surface area contributed by atoms with Gasteiger partial charge in [0.05, 0.1) is 12.6 Å². The molecule has 11 nitrogen and oxygen atoms in total. The first-order chi connectivity index (χ1) is 17.0. The van der Waals surface area contributed by atoms with Crippen LogP contribution in [-0.2, 0) is 28.2 Å². The molecule has 36 heavy (non-hydrogen) atoms. The zero-order valence-corrected chi connectivity index (χ0v) is 20.4. The van der Waals surface area contributed by atoms with E-state index < -0.39 is 34.4 Å². The molecule has 0 atom stereocenters. The molecule has 0 radical (unpaired) electrons. The number of aromatic nitrogens is 2. The van der Waals surface area contributed by atoms with Crippen molar-refractivity contribution in [1.29, 1.82) is 0 Å². The van der Waals surface area contributed by atoms with Gasteiger partial charge in [0, 0.05) is 25.7 Å². The summed E-state index contributed by atoms with van der Waals surface area (Å²) in [6.45, 7) is 1.80. The predicted octanol–water partition coefficient (Wildman–Crippen LogP) is -0.0280. The summed E-state index contributed by atoms with van der Waals surface area (Å²) in [6.07, 6.45) is 1.61. The number of amides is 3. The van der Waals surface area contributed by atoms with Gasteiger partial charge in [-0.05, 0) is 49.8 Å². The average Bonchev–Trinajstić information content (AvgIpc) is 3.06. The van der Waals surface area contributed by atoms with Crippen molar-refractivity contribution in [1.82, 2.24) is 25.5 Å². The van der Waals surface area contributed by atoms with Crippen molar-refractivity contribution in [2.24, 2.45) is 5.73 Å². The average molecular weight is 501 g/mol. The van der Waals surface area contributed by atoms with Crippen LogP contribution in [0.2, 0.25) is 0 Å². The fourth-order valence-corrected chi connectivity index (χ4v) is 4.91. The number of rotatable bonds is 5. The molecule has 192 valence electrons. The molecule has 0 unspecified atom stereocenters. The molecule has 2 aliphatic heterocycles. The standard InChI is InChI=1S/C24H29FN6O5/c1-13-10-14(4-5-15(13)25)11-28-18(32)16-17(36-3)21(35)31-12-23(26)6-8-24(9-7-23,22(31)29-16)30-20(34)19(33)27-2/h4-5,10H,6-9,11-12,26H2,1-3H3,(H,27,33)(H,28,32)(H,30,34). The second-order valence-corrected chi connectivity index (χ2v) is 9.45. The Morgan fingerprint density at radius 3 is 2.50 bits per heavy atom. The van der Waals surface area contributed by atoms with Gasteiger partial charge in [-0.3, -0.25) is 23.7 Å². The summed E-state index contributed by atoms with van der Waals surface area (Å²) in [5.74, 6) is -2.86. The van der Waals surface area contributed by atoms with Crippen molar-refractivity contribution in [3.8, 4) is 5.75 Å². The number of halogens is 1. The van der Waals surface area contributed by atoms with E-state index in [2.05, 4.69) is 20.9 Å².